The van der Waals surface area contributed by atoms with Crippen LogP contribution in [0.2, 0.25) is 5.02 Å². The van der Waals surface area contributed by atoms with Crippen LogP contribution in [0.4, 0.5) is 0 Å². The minimum Gasteiger partial charge on any atom is -0.311 e. The molecule has 2 aromatic rings. The molecule has 3 nitrogen and oxygen atoms in total. The fourth-order valence-electron chi connectivity index (χ4n) is 2.33. The van der Waals surface area contributed by atoms with Crippen molar-refractivity contribution in [1.29, 1.82) is 0 Å². The first-order valence-corrected chi connectivity index (χ1v) is 7.46. The summed E-state index contributed by atoms with van der Waals surface area (Å²) < 4.78 is 1.88. The van der Waals surface area contributed by atoms with E-state index in [2.05, 4.69) is 48.5 Å². The standard InChI is InChI=1S/C16H22ClN3/c1-4-14-16(17)15(20(3)19-14)11-18-10-9-13-8-6-5-7-12(13)2/h5-8,18H,4,9-11H2,1-3H3. The Morgan fingerprint density at radius 1 is 1.30 bits per heavy atom. The predicted molar refractivity (Wildman–Crippen MR) is 84.2 cm³/mol. The maximum atomic E-state index is 6.33. The zero-order valence-electron chi connectivity index (χ0n) is 12.4. The van der Waals surface area contributed by atoms with Gasteiger partial charge in [-0.15, -0.1) is 0 Å². The molecule has 20 heavy (non-hydrogen) atoms. The largest absolute Gasteiger partial charge is 0.311 e. The number of hydrogen-bond donors (Lipinski definition) is 1. The van der Waals surface area contributed by atoms with Crippen molar-refractivity contribution in [3.05, 3.63) is 51.8 Å². The highest BCUT2D eigenvalue weighted by Gasteiger charge is 2.12. The number of benzene rings is 1. The average Bonchev–Trinajstić information content (AvgIpc) is 2.72. The third-order valence-electron chi connectivity index (χ3n) is 3.63. The minimum absolute atomic E-state index is 0.758. The molecular formula is C16H22ClN3. The predicted octanol–water partition coefficient (Wildman–Crippen LogP) is 3.28. The maximum absolute atomic E-state index is 6.33. The fourth-order valence-corrected chi connectivity index (χ4v) is 2.69. The highest BCUT2D eigenvalue weighted by atomic mass is 35.5. The van der Waals surface area contributed by atoms with Crippen LogP contribution in [0.3, 0.4) is 0 Å². The van der Waals surface area contributed by atoms with Crippen LogP contribution in [0, 0.1) is 6.92 Å². The first kappa shape index (κ1) is 15.1. The molecule has 0 radical (unpaired) electrons. The Morgan fingerprint density at radius 2 is 2.05 bits per heavy atom. The number of nitrogens with one attached hydrogen (secondary N) is 1. The summed E-state index contributed by atoms with van der Waals surface area (Å²) >= 11 is 6.33. The van der Waals surface area contributed by atoms with Crippen molar-refractivity contribution in [2.75, 3.05) is 6.54 Å². The van der Waals surface area contributed by atoms with Crippen molar-refractivity contribution in [2.45, 2.75) is 33.2 Å². The van der Waals surface area contributed by atoms with E-state index in [-0.39, 0.29) is 0 Å². The first-order valence-electron chi connectivity index (χ1n) is 7.09. The van der Waals surface area contributed by atoms with Gasteiger partial charge in [0.2, 0.25) is 0 Å². The molecule has 1 aromatic heterocycles. The monoisotopic (exact) mass is 291 g/mol. The molecule has 108 valence electrons. The van der Waals surface area contributed by atoms with E-state index >= 15 is 0 Å². The van der Waals surface area contributed by atoms with Crippen LogP contribution < -0.4 is 5.32 Å². The van der Waals surface area contributed by atoms with E-state index in [1.807, 2.05) is 11.7 Å². The summed E-state index contributed by atoms with van der Waals surface area (Å²) in [5, 5.41) is 8.68. The molecule has 1 N–H and O–H groups in total. The smallest absolute Gasteiger partial charge is 0.0863 e. The van der Waals surface area contributed by atoms with E-state index in [0.717, 1.165) is 42.3 Å². The van der Waals surface area contributed by atoms with Crippen LogP contribution in [-0.2, 0) is 26.4 Å². The average molecular weight is 292 g/mol. The summed E-state index contributed by atoms with van der Waals surface area (Å²) in [5.41, 5.74) is 4.78. The molecule has 0 amide bonds. The fraction of sp³-hybridized carbons (Fsp3) is 0.438. The van der Waals surface area contributed by atoms with Crippen molar-refractivity contribution >= 4 is 11.6 Å². The zero-order chi connectivity index (χ0) is 14.5. The van der Waals surface area contributed by atoms with Gasteiger partial charge in [-0.3, -0.25) is 4.68 Å². The maximum Gasteiger partial charge on any atom is 0.0863 e. The van der Waals surface area contributed by atoms with Crippen molar-refractivity contribution in [2.24, 2.45) is 7.05 Å². The highest BCUT2D eigenvalue weighted by Crippen LogP contribution is 2.20. The summed E-state index contributed by atoms with van der Waals surface area (Å²) in [6.07, 6.45) is 1.90. The summed E-state index contributed by atoms with van der Waals surface area (Å²) in [5.74, 6) is 0. The number of aromatic nitrogens is 2. The van der Waals surface area contributed by atoms with Crippen LogP contribution in [0.5, 0.6) is 0 Å². The second-order valence-corrected chi connectivity index (χ2v) is 5.42. The second kappa shape index (κ2) is 6.91. The number of rotatable bonds is 6. The summed E-state index contributed by atoms with van der Waals surface area (Å²) in [6, 6.07) is 8.51. The summed E-state index contributed by atoms with van der Waals surface area (Å²) in [7, 11) is 1.95. The molecule has 0 unspecified atom stereocenters. The van der Waals surface area contributed by atoms with Gasteiger partial charge in [0, 0.05) is 13.6 Å². The lowest BCUT2D eigenvalue weighted by atomic mass is 10.1. The molecule has 0 aliphatic carbocycles. The van der Waals surface area contributed by atoms with Crippen molar-refractivity contribution in [3.8, 4) is 0 Å². The molecule has 0 spiro atoms. The molecular weight excluding hydrogens is 270 g/mol. The Labute approximate surface area is 126 Å². The number of halogens is 1. The normalized spacial score (nSPS) is 11.0. The zero-order valence-corrected chi connectivity index (χ0v) is 13.2. The lowest BCUT2D eigenvalue weighted by Gasteiger charge is -2.08. The Kier molecular flexibility index (Phi) is 5.21. The molecule has 0 bridgehead atoms. The molecule has 0 saturated heterocycles. The van der Waals surface area contributed by atoms with Crippen LogP contribution in [-0.4, -0.2) is 16.3 Å². The molecule has 0 atom stereocenters. The van der Waals surface area contributed by atoms with Gasteiger partial charge in [-0.05, 0) is 37.4 Å². The van der Waals surface area contributed by atoms with E-state index in [1.54, 1.807) is 0 Å². The van der Waals surface area contributed by atoms with Crippen molar-refractivity contribution in [1.82, 2.24) is 15.1 Å². The van der Waals surface area contributed by atoms with Gasteiger partial charge in [-0.1, -0.05) is 42.8 Å². The molecule has 0 aliphatic heterocycles. The summed E-state index contributed by atoms with van der Waals surface area (Å²) in [4.78, 5) is 0. The van der Waals surface area contributed by atoms with Crippen LogP contribution in [0.15, 0.2) is 24.3 Å². The number of aryl methyl sites for hydroxylation is 3. The van der Waals surface area contributed by atoms with Gasteiger partial charge in [0.1, 0.15) is 0 Å². The Bertz CT molecular complexity index is 575. The van der Waals surface area contributed by atoms with Gasteiger partial charge in [0.05, 0.1) is 16.4 Å². The van der Waals surface area contributed by atoms with E-state index in [4.69, 9.17) is 11.6 Å². The third kappa shape index (κ3) is 3.41. The van der Waals surface area contributed by atoms with Gasteiger partial charge in [0.25, 0.3) is 0 Å². The Hall–Kier alpha value is -1.32. The molecule has 0 saturated carbocycles. The quantitative estimate of drug-likeness (QED) is 0.828. The number of hydrogen-bond acceptors (Lipinski definition) is 2. The highest BCUT2D eigenvalue weighted by molar-refractivity contribution is 6.31. The van der Waals surface area contributed by atoms with E-state index in [1.165, 1.54) is 11.1 Å². The molecule has 1 heterocycles. The van der Waals surface area contributed by atoms with E-state index < -0.39 is 0 Å². The van der Waals surface area contributed by atoms with E-state index in [0.29, 0.717) is 0 Å². The number of nitrogens with zero attached hydrogens (tertiary/aromatic N) is 2. The third-order valence-corrected chi connectivity index (χ3v) is 4.06. The first-order chi connectivity index (χ1) is 9.63. The van der Waals surface area contributed by atoms with Gasteiger partial charge in [-0.2, -0.15) is 5.10 Å². The van der Waals surface area contributed by atoms with Gasteiger partial charge in [0.15, 0.2) is 0 Å². The summed E-state index contributed by atoms with van der Waals surface area (Å²) in [6.45, 7) is 5.92. The molecule has 0 aliphatic rings. The topological polar surface area (TPSA) is 29.9 Å². The molecule has 1 aromatic carbocycles. The Morgan fingerprint density at radius 3 is 2.70 bits per heavy atom. The van der Waals surface area contributed by atoms with Crippen LogP contribution in [0.1, 0.15) is 29.4 Å². The minimum atomic E-state index is 0.758. The van der Waals surface area contributed by atoms with Gasteiger partial charge < -0.3 is 5.32 Å². The lowest BCUT2D eigenvalue weighted by Crippen LogP contribution is -2.19. The molecule has 4 heteroatoms. The van der Waals surface area contributed by atoms with E-state index in [9.17, 15) is 0 Å². The van der Waals surface area contributed by atoms with Crippen molar-refractivity contribution < 1.29 is 0 Å². The molecule has 2 rings (SSSR count). The van der Waals surface area contributed by atoms with Gasteiger partial charge >= 0.3 is 0 Å². The van der Waals surface area contributed by atoms with Crippen LogP contribution in [0.25, 0.3) is 0 Å². The second-order valence-electron chi connectivity index (χ2n) is 5.04. The Balaban J connectivity index is 1.88. The SMILES string of the molecule is CCc1nn(C)c(CNCCc2ccccc2C)c1Cl. The lowest BCUT2D eigenvalue weighted by molar-refractivity contribution is 0.623. The van der Waals surface area contributed by atoms with Crippen LogP contribution >= 0.6 is 11.6 Å². The molecule has 0 fully saturated rings. The van der Waals surface area contributed by atoms with Crippen molar-refractivity contribution in [3.63, 3.8) is 0 Å². The van der Waals surface area contributed by atoms with Gasteiger partial charge in [-0.25, -0.2) is 0 Å².